The molecule has 0 saturated heterocycles. The Balaban J connectivity index is 1.16. The van der Waals surface area contributed by atoms with Crippen molar-refractivity contribution in [3.8, 4) is 5.75 Å². The summed E-state index contributed by atoms with van der Waals surface area (Å²) in [5.41, 5.74) is 3.70. The van der Waals surface area contributed by atoms with Crippen LogP contribution in [0.25, 0.3) is 10.9 Å². The van der Waals surface area contributed by atoms with E-state index in [0.29, 0.717) is 11.8 Å². The molecule has 0 spiro atoms. The minimum absolute atomic E-state index is 0.239. The SMILES string of the molecule is COc1cccc2c(CCC3(O)CCC(NCC4=C(C5=COC(O)=CO5)CCC=C4)CC3)ccnc12. The number of nitrogens with one attached hydrogen (secondary N) is 1. The molecule has 2 heterocycles. The Labute approximate surface area is 211 Å². The lowest BCUT2D eigenvalue weighted by molar-refractivity contribution is -0.0103. The van der Waals surface area contributed by atoms with E-state index < -0.39 is 5.60 Å². The van der Waals surface area contributed by atoms with E-state index in [1.165, 1.54) is 23.7 Å². The number of hydrogen-bond donors (Lipinski definition) is 3. The van der Waals surface area contributed by atoms with Crippen molar-refractivity contribution in [3.05, 3.63) is 83.6 Å². The summed E-state index contributed by atoms with van der Waals surface area (Å²) in [6.45, 7) is 0.732. The Bertz CT molecular complexity index is 1220. The molecule has 1 saturated carbocycles. The highest BCUT2D eigenvalue weighted by Gasteiger charge is 2.33. The van der Waals surface area contributed by atoms with E-state index in [9.17, 15) is 10.2 Å². The van der Waals surface area contributed by atoms with Crippen LogP contribution in [-0.4, -0.2) is 40.5 Å². The lowest BCUT2D eigenvalue weighted by atomic mass is 9.78. The van der Waals surface area contributed by atoms with Gasteiger partial charge < -0.3 is 29.7 Å². The van der Waals surface area contributed by atoms with Crippen LogP contribution in [0.2, 0.25) is 0 Å². The molecule has 0 atom stereocenters. The maximum Gasteiger partial charge on any atom is 0.318 e. The molecule has 7 heteroatoms. The fraction of sp³-hybridized carbons (Fsp3) is 0.414. The molecule has 7 nitrogen and oxygen atoms in total. The largest absolute Gasteiger partial charge is 0.494 e. The number of fused-ring (bicyclic) bond motifs is 1. The molecule has 1 aromatic carbocycles. The minimum Gasteiger partial charge on any atom is -0.494 e. The number of aromatic nitrogens is 1. The summed E-state index contributed by atoms with van der Waals surface area (Å²) in [5, 5.41) is 25.5. The average Bonchev–Trinajstić information content (AvgIpc) is 2.92. The molecule has 190 valence electrons. The fourth-order valence-corrected chi connectivity index (χ4v) is 5.41. The molecule has 5 rings (SSSR count). The van der Waals surface area contributed by atoms with Crippen molar-refractivity contribution < 1.29 is 24.4 Å². The molecule has 0 bridgehead atoms. The number of rotatable bonds is 8. The van der Waals surface area contributed by atoms with Gasteiger partial charge in [0.15, 0.2) is 12.0 Å². The third-order valence-electron chi connectivity index (χ3n) is 7.54. The Morgan fingerprint density at radius 1 is 1.17 bits per heavy atom. The Morgan fingerprint density at radius 3 is 2.81 bits per heavy atom. The number of allylic oxidation sites excluding steroid dienone is 2. The van der Waals surface area contributed by atoms with E-state index >= 15 is 0 Å². The van der Waals surface area contributed by atoms with E-state index in [1.807, 2.05) is 18.3 Å². The van der Waals surface area contributed by atoms with Gasteiger partial charge >= 0.3 is 5.95 Å². The molecular weight excluding hydrogens is 456 g/mol. The molecule has 1 aromatic heterocycles. The summed E-state index contributed by atoms with van der Waals surface area (Å²) >= 11 is 0. The molecule has 2 aliphatic carbocycles. The van der Waals surface area contributed by atoms with Gasteiger partial charge in [0.1, 0.15) is 17.5 Å². The lowest BCUT2D eigenvalue weighted by Gasteiger charge is -2.37. The highest BCUT2D eigenvalue weighted by Crippen LogP contribution is 2.35. The Hall–Kier alpha value is -3.29. The van der Waals surface area contributed by atoms with E-state index in [1.54, 1.807) is 7.11 Å². The van der Waals surface area contributed by atoms with Gasteiger partial charge in [0.2, 0.25) is 0 Å². The molecule has 0 amide bonds. The molecule has 36 heavy (non-hydrogen) atoms. The normalized spacial score (nSPS) is 24.1. The quantitative estimate of drug-likeness (QED) is 0.460. The first-order valence-electron chi connectivity index (χ1n) is 12.7. The second kappa shape index (κ2) is 10.8. The lowest BCUT2D eigenvalue weighted by Crippen LogP contribution is -2.42. The second-order valence-electron chi connectivity index (χ2n) is 9.82. The first kappa shape index (κ1) is 24.4. The van der Waals surface area contributed by atoms with Crippen molar-refractivity contribution in [2.24, 2.45) is 0 Å². The fourth-order valence-electron chi connectivity index (χ4n) is 5.41. The van der Waals surface area contributed by atoms with E-state index in [0.717, 1.165) is 80.1 Å². The van der Waals surface area contributed by atoms with Gasteiger partial charge in [-0.25, -0.2) is 0 Å². The number of benzene rings is 1. The van der Waals surface area contributed by atoms with Gasteiger partial charge in [0, 0.05) is 29.7 Å². The van der Waals surface area contributed by atoms with Crippen LogP contribution in [0, 0.1) is 0 Å². The number of methoxy groups -OCH3 is 1. The zero-order valence-corrected chi connectivity index (χ0v) is 20.7. The summed E-state index contributed by atoms with van der Waals surface area (Å²) in [4.78, 5) is 4.50. The molecular formula is C29H34N2O5. The first-order chi connectivity index (χ1) is 17.5. The number of hydrogen-bond acceptors (Lipinski definition) is 7. The van der Waals surface area contributed by atoms with Gasteiger partial charge in [-0.2, -0.15) is 0 Å². The highest BCUT2D eigenvalue weighted by molar-refractivity contribution is 5.87. The van der Waals surface area contributed by atoms with Crippen molar-refractivity contribution in [2.45, 2.75) is 63.0 Å². The van der Waals surface area contributed by atoms with Crippen molar-refractivity contribution in [2.75, 3.05) is 13.7 Å². The summed E-state index contributed by atoms with van der Waals surface area (Å²) in [6.07, 6.45) is 15.6. The number of aliphatic hydroxyl groups excluding tert-OH is 1. The molecule has 1 fully saturated rings. The summed E-state index contributed by atoms with van der Waals surface area (Å²) in [7, 11) is 1.67. The predicted octanol–water partition coefficient (Wildman–Crippen LogP) is 5.33. The molecule has 0 radical (unpaired) electrons. The van der Waals surface area contributed by atoms with Crippen LogP contribution in [0.3, 0.4) is 0 Å². The van der Waals surface area contributed by atoms with Gasteiger partial charge in [0.25, 0.3) is 0 Å². The van der Waals surface area contributed by atoms with Crippen LogP contribution >= 0.6 is 0 Å². The van der Waals surface area contributed by atoms with Crippen LogP contribution in [-0.2, 0) is 15.9 Å². The van der Waals surface area contributed by atoms with Crippen LogP contribution in [0.1, 0.15) is 50.5 Å². The van der Waals surface area contributed by atoms with Gasteiger partial charge in [-0.05, 0) is 74.6 Å². The maximum atomic E-state index is 11.3. The number of aliphatic hydroxyl groups is 2. The van der Waals surface area contributed by atoms with Crippen molar-refractivity contribution >= 4 is 10.9 Å². The van der Waals surface area contributed by atoms with Gasteiger partial charge in [-0.3, -0.25) is 4.98 Å². The molecule has 3 N–H and O–H groups in total. The van der Waals surface area contributed by atoms with E-state index in [2.05, 4.69) is 34.6 Å². The Morgan fingerprint density at radius 2 is 2.03 bits per heavy atom. The number of para-hydroxylation sites is 1. The highest BCUT2D eigenvalue weighted by atomic mass is 16.6. The smallest absolute Gasteiger partial charge is 0.318 e. The van der Waals surface area contributed by atoms with E-state index in [4.69, 9.17) is 14.2 Å². The third-order valence-corrected chi connectivity index (χ3v) is 7.54. The van der Waals surface area contributed by atoms with Crippen LogP contribution < -0.4 is 10.1 Å². The molecule has 3 aliphatic rings. The number of aryl methyl sites for hydroxylation is 1. The summed E-state index contributed by atoms with van der Waals surface area (Å²) in [6, 6.07) is 8.41. The number of ether oxygens (including phenoxy) is 3. The number of nitrogens with zero attached hydrogens (tertiary/aromatic N) is 1. The summed E-state index contributed by atoms with van der Waals surface area (Å²) in [5.74, 6) is 1.18. The zero-order chi connectivity index (χ0) is 25.0. The third kappa shape index (κ3) is 5.42. The van der Waals surface area contributed by atoms with E-state index in [-0.39, 0.29) is 5.95 Å². The minimum atomic E-state index is -0.645. The van der Waals surface area contributed by atoms with Crippen LogP contribution in [0.4, 0.5) is 0 Å². The summed E-state index contributed by atoms with van der Waals surface area (Å²) < 4.78 is 16.1. The van der Waals surface area contributed by atoms with Crippen molar-refractivity contribution in [1.29, 1.82) is 0 Å². The molecule has 2 aromatic rings. The zero-order valence-electron chi connectivity index (χ0n) is 20.7. The van der Waals surface area contributed by atoms with Gasteiger partial charge in [-0.1, -0.05) is 24.3 Å². The van der Waals surface area contributed by atoms with Crippen molar-refractivity contribution in [1.82, 2.24) is 10.3 Å². The van der Waals surface area contributed by atoms with Crippen LogP contribution in [0.15, 0.2) is 78.0 Å². The van der Waals surface area contributed by atoms with Crippen molar-refractivity contribution in [3.63, 3.8) is 0 Å². The molecule has 1 aliphatic heterocycles. The topological polar surface area (TPSA) is 93.1 Å². The monoisotopic (exact) mass is 490 g/mol. The Kier molecular flexibility index (Phi) is 7.30. The van der Waals surface area contributed by atoms with Gasteiger partial charge in [-0.15, -0.1) is 0 Å². The second-order valence-corrected chi connectivity index (χ2v) is 9.82. The van der Waals surface area contributed by atoms with Gasteiger partial charge in [0.05, 0.1) is 12.7 Å². The average molecular weight is 491 g/mol. The predicted molar refractivity (Wildman–Crippen MR) is 138 cm³/mol. The standard InChI is InChI=1S/C29H34N2O5/c1-34-25-8-4-7-24-20(12-16-30-28(24)25)9-13-29(33)14-10-22(11-15-29)31-17-21-5-2-3-6-23(21)26-18-36-27(32)19-35-26/h2,4-5,7-8,12,16,18-19,22,31-33H,3,6,9-11,13-15,17H2,1H3. The first-order valence-corrected chi connectivity index (χ1v) is 12.7. The number of pyridine rings is 1. The van der Waals surface area contributed by atoms with Crippen LogP contribution in [0.5, 0.6) is 5.75 Å². The maximum absolute atomic E-state index is 11.3. The molecule has 0 unspecified atom stereocenters.